The monoisotopic (exact) mass is 388 g/mol. The van der Waals surface area contributed by atoms with E-state index in [0.717, 1.165) is 23.5 Å². The van der Waals surface area contributed by atoms with Crippen molar-refractivity contribution in [1.82, 2.24) is 20.0 Å². The van der Waals surface area contributed by atoms with Crippen LogP contribution in [0.2, 0.25) is 0 Å². The zero-order valence-corrected chi connectivity index (χ0v) is 17.0. The van der Waals surface area contributed by atoms with Gasteiger partial charge >= 0.3 is 0 Å². The number of hydrogen-bond acceptors (Lipinski definition) is 3. The van der Waals surface area contributed by atoms with Crippen LogP contribution in [0.5, 0.6) is 0 Å². The van der Waals surface area contributed by atoms with Gasteiger partial charge in [-0.2, -0.15) is 5.10 Å². The van der Waals surface area contributed by atoms with Gasteiger partial charge in [0.05, 0.1) is 5.69 Å². The molecule has 2 heterocycles. The zero-order valence-electron chi connectivity index (χ0n) is 17.0. The molecule has 0 radical (unpaired) electrons. The number of nitrogens with one attached hydrogen (secondary N) is 1. The maximum absolute atomic E-state index is 12.6. The second-order valence-electron chi connectivity index (χ2n) is 7.75. The molecule has 0 spiro atoms. The molecule has 5 nitrogen and oxygen atoms in total. The number of likely N-dealkylation sites (tertiary alicyclic amines) is 1. The SMILES string of the molecule is Cc1cc(C(=O)NCc2ccc(CN3CCCCC3)cc2)nn1-c1ccccc1. The van der Waals surface area contributed by atoms with Crippen molar-refractivity contribution in [1.29, 1.82) is 0 Å². The molecule has 1 N–H and O–H groups in total. The summed E-state index contributed by atoms with van der Waals surface area (Å²) >= 11 is 0. The van der Waals surface area contributed by atoms with Crippen molar-refractivity contribution in [3.63, 3.8) is 0 Å². The van der Waals surface area contributed by atoms with Crippen molar-refractivity contribution in [2.75, 3.05) is 13.1 Å². The Labute approximate surface area is 172 Å². The first-order valence-corrected chi connectivity index (χ1v) is 10.4. The molecule has 3 aromatic rings. The standard InChI is InChI=1S/C24H28N4O/c1-19-16-23(26-28(19)22-8-4-2-5-9-22)24(29)25-17-20-10-12-21(13-11-20)18-27-14-6-3-7-15-27/h2,4-5,8-13,16H,3,6-7,14-15,17-18H2,1H3,(H,25,29). The van der Waals surface area contributed by atoms with Crippen LogP contribution in [0, 0.1) is 6.92 Å². The van der Waals surface area contributed by atoms with E-state index in [1.54, 1.807) is 4.68 Å². The number of carbonyl (C=O) groups is 1. The summed E-state index contributed by atoms with van der Waals surface area (Å²) < 4.78 is 1.80. The average Bonchev–Trinajstić information content (AvgIpc) is 3.16. The number of carbonyl (C=O) groups excluding carboxylic acids is 1. The van der Waals surface area contributed by atoms with Gasteiger partial charge in [-0.25, -0.2) is 4.68 Å². The number of amides is 1. The molecule has 1 aromatic heterocycles. The Morgan fingerprint density at radius 1 is 0.966 bits per heavy atom. The number of aryl methyl sites for hydroxylation is 1. The quantitative estimate of drug-likeness (QED) is 0.692. The highest BCUT2D eigenvalue weighted by atomic mass is 16.1. The minimum absolute atomic E-state index is 0.153. The molecule has 150 valence electrons. The Kier molecular flexibility index (Phi) is 6.06. The number of benzene rings is 2. The highest BCUT2D eigenvalue weighted by Gasteiger charge is 2.13. The molecule has 1 aliphatic rings. The first-order chi connectivity index (χ1) is 14.2. The first-order valence-electron chi connectivity index (χ1n) is 10.4. The predicted molar refractivity (Wildman–Crippen MR) is 115 cm³/mol. The highest BCUT2D eigenvalue weighted by molar-refractivity contribution is 5.92. The minimum atomic E-state index is -0.153. The predicted octanol–water partition coefficient (Wildman–Crippen LogP) is 4.10. The smallest absolute Gasteiger partial charge is 0.272 e. The van der Waals surface area contributed by atoms with E-state index in [2.05, 4.69) is 39.6 Å². The summed E-state index contributed by atoms with van der Waals surface area (Å²) in [6.45, 7) is 5.88. The van der Waals surface area contributed by atoms with E-state index in [4.69, 9.17) is 0 Å². The van der Waals surface area contributed by atoms with E-state index >= 15 is 0 Å². The number of rotatable bonds is 6. The van der Waals surface area contributed by atoms with Gasteiger partial charge in [0.25, 0.3) is 5.91 Å². The second-order valence-corrected chi connectivity index (χ2v) is 7.75. The molecule has 29 heavy (non-hydrogen) atoms. The Morgan fingerprint density at radius 2 is 1.66 bits per heavy atom. The summed E-state index contributed by atoms with van der Waals surface area (Å²) in [7, 11) is 0. The molecule has 0 saturated carbocycles. The van der Waals surface area contributed by atoms with Gasteiger partial charge in [-0.05, 0) is 62.2 Å². The average molecular weight is 389 g/mol. The topological polar surface area (TPSA) is 50.2 Å². The normalized spacial score (nSPS) is 14.7. The number of piperidine rings is 1. The fourth-order valence-electron chi connectivity index (χ4n) is 3.83. The molecule has 0 unspecified atom stereocenters. The van der Waals surface area contributed by atoms with Crippen molar-refractivity contribution in [3.05, 3.63) is 83.2 Å². The summed E-state index contributed by atoms with van der Waals surface area (Å²) in [4.78, 5) is 15.1. The molecular formula is C24H28N4O. The Hall–Kier alpha value is -2.92. The van der Waals surface area contributed by atoms with Gasteiger partial charge in [-0.3, -0.25) is 9.69 Å². The second kappa shape index (κ2) is 9.05. The Morgan fingerprint density at radius 3 is 2.38 bits per heavy atom. The van der Waals surface area contributed by atoms with Crippen molar-refractivity contribution in [2.45, 2.75) is 39.3 Å². The maximum Gasteiger partial charge on any atom is 0.272 e. The number of hydrogen-bond donors (Lipinski definition) is 1. The van der Waals surface area contributed by atoms with Crippen molar-refractivity contribution >= 4 is 5.91 Å². The van der Waals surface area contributed by atoms with E-state index in [9.17, 15) is 4.79 Å². The van der Waals surface area contributed by atoms with Crippen molar-refractivity contribution in [3.8, 4) is 5.69 Å². The van der Waals surface area contributed by atoms with Crippen LogP contribution in [0.1, 0.15) is 46.6 Å². The lowest BCUT2D eigenvalue weighted by atomic mass is 10.1. The lowest BCUT2D eigenvalue weighted by Gasteiger charge is -2.26. The Bertz CT molecular complexity index is 941. The molecular weight excluding hydrogens is 360 g/mol. The van der Waals surface area contributed by atoms with E-state index in [0.29, 0.717) is 12.2 Å². The minimum Gasteiger partial charge on any atom is -0.347 e. The van der Waals surface area contributed by atoms with Crippen LogP contribution in [0.25, 0.3) is 5.69 Å². The molecule has 0 bridgehead atoms. The summed E-state index contributed by atoms with van der Waals surface area (Å²) in [5.74, 6) is -0.153. The lowest BCUT2D eigenvalue weighted by Crippen LogP contribution is -2.29. The largest absolute Gasteiger partial charge is 0.347 e. The molecule has 2 aromatic carbocycles. The summed E-state index contributed by atoms with van der Waals surface area (Å²) in [6.07, 6.45) is 3.98. The molecule has 1 fully saturated rings. The van der Waals surface area contributed by atoms with Gasteiger partial charge in [0.1, 0.15) is 0 Å². The van der Waals surface area contributed by atoms with E-state index in [1.165, 1.54) is 37.9 Å². The summed E-state index contributed by atoms with van der Waals surface area (Å²) in [5.41, 5.74) is 4.75. The molecule has 4 rings (SSSR count). The first kappa shape index (κ1) is 19.4. The molecule has 0 atom stereocenters. The van der Waals surface area contributed by atoms with Crippen LogP contribution >= 0.6 is 0 Å². The highest BCUT2D eigenvalue weighted by Crippen LogP contribution is 2.14. The molecule has 1 aliphatic heterocycles. The van der Waals surface area contributed by atoms with Gasteiger partial charge in [0.2, 0.25) is 0 Å². The third kappa shape index (κ3) is 4.93. The van der Waals surface area contributed by atoms with E-state index in [-0.39, 0.29) is 5.91 Å². The van der Waals surface area contributed by atoms with E-state index < -0.39 is 0 Å². The maximum atomic E-state index is 12.6. The molecule has 5 heteroatoms. The number of nitrogens with zero attached hydrogens (tertiary/aromatic N) is 3. The van der Waals surface area contributed by atoms with Crippen LogP contribution in [0.3, 0.4) is 0 Å². The van der Waals surface area contributed by atoms with Gasteiger partial charge in [-0.1, -0.05) is 48.9 Å². The van der Waals surface area contributed by atoms with Crippen LogP contribution in [0.15, 0.2) is 60.7 Å². The van der Waals surface area contributed by atoms with Gasteiger partial charge in [0.15, 0.2) is 5.69 Å². The van der Waals surface area contributed by atoms with Crippen LogP contribution < -0.4 is 5.32 Å². The number of aromatic nitrogens is 2. The molecule has 0 aliphatic carbocycles. The van der Waals surface area contributed by atoms with Crippen molar-refractivity contribution < 1.29 is 4.79 Å². The summed E-state index contributed by atoms with van der Waals surface area (Å²) in [5, 5.41) is 7.45. The third-order valence-electron chi connectivity index (χ3n) is 5.45. The fourth-order valence-corrected chi connectivity index (χ4v) is 3.83. The Balaban J connectivity index is 1.34. The van der Waals surface area contributed by atoms with Crippen LogP contribution in [-0.4, -0.2) is 33.7 Å². The van der Waals surface area contributed by atoms with Gasteiger partial charge in [-0.15, -0.1) is 0 Å². The van der Waals surface area contributed by atoms with Crippen LogP contribution in [-0.2, 0) is 13.1 Å². The van der Waals surface area contributed by atoms with E-state index in [1.807, 2.05) is 43.3 Å². The lowest BCUT2D eigenvalue weighted by molar-refractivity contribution is 0.0945. The number of para-hydroxylation sites is 1. The van der Waals surface area contributed by atoms with Gasteiger partial charge < -0.3 is 5.32 Å². The molecule has 1 amide bonds. The van der Waals surface area contributed by atoms with Gasteiger partial charge in [0, 0.05) is 18.8 Å². The fraction of sp³-hybridized carbons (Fsp3) is 0.333. The third-order valence-corrected chi connectivity index (χ3v) is 5.45. The zero-order chi connectivity index (χ0) is 20.1. The molecule has 1 saturated heterocycles. The van der Waals surface area contributed by atoms with Crippen molar-refractivity contribution in [2.24, 2.45) is 0 Å². The summed E-state index contributed by atoms with van der Waals surface area (Å²) in [6, 6.07) is 20.2. The van der Waals surface area contributed by atoms with Crippen LogP contribution in [0.4, 0.5) is 0 Å².